The van der Waals surface area contributed by atoms with Crippen molar-refractivity contribution >= 4 is 17.6 Å². The number of hydrogen-bond donors (Lipinski definition) is 0. The summed E-state index contributed by atoms with van der Waals surface area (Å²) in [5.74, 6) is -0.173. The van der Waals surface area contributed by atoms with Gasteiger partial charge in [0.05, 0.1) is 0 Å². The smallest absolute Gasteiger partial charge is 0.306 e. The highest BCUT2D eigenvalue weighted by Crippen LogP contribution is 2.25. The van der Waals surface area contributed by atoms with Gasteiger partial charge in [-0.2, -0.15) is 0 Å². The first-order chi connectivity index (χ1) is 8.67. The number of esters is 1. The predicted molar refractivity (Wildman–Crippen MR) is 74.6 cm³/mol. The van der Waals surface area contributed by atoms with Crippen LogP contribution in [0.15, 0.2) is 36.9 Å². The van der Waals surface area contributed by atoms with E-state index in [4.69, 9.17) is 16.3 Å². The zero-order valence-corrected chi connectivity index (χ0v) is 11.5. The Labute approximate surface area is 114 Å². The molecule has 1 aromatic rings. The van der Waals surface area contributed by atoms with Gasteiger partial charge < -0.3 is 4.74 Å². The van der Waals surface area contributed by atoms with Crippen molar-refractivity contribution in [3.63, 3.8) is 0 Å². The molecule has 0 aliphatic heterocycles. The van der Waals surface area contributed by atoms with Gasteiger partial charge in [0.2, 0.25) is 0 Å². The molecule has 0 radical (unpaired) electrons. The largest absolute Gasteiger partial charge is 0.457 e. The number of halogens is 1. The van der Waals surface area contributed by atoms with E-state index in [1.807, 2.05) is 30.3 Å². The Bertz CT molecular complexity index is 384. The SMILES string of the molecule is C=CCCC[C@@H](OC(=O)CC)c1ccc(Cl)cc1. The lowest BCUT2D eigenvalue weighted by Crippen LogP contribution is -2.10. The number of carbonyl (C=O) groups is 1. The van der Waals surface area contributed by atoms with Crippen molar-refractivity contribution in [1.82, 2.24) is 0 Å². The van der Waals surface area contributed by atoms with E-state index < -0.39 is 0 Å². The Balaban J connectivity index is 2.71. The zero-order valence-electron chi connectivity index (χ0n) is 10.7. The van der Waals surface area contributed by atoms with Crippen LogP contribution in [0.5, 0.6) is 0 Å². The molecule has 2 nitrogen and oxygen atoms in total. The first-order valence-electron chi connectivity index (χ1n) is 6.23. The van der Waals surface area contributed by atoms with Crippen molar-refractivity contribution in [2.75, 3.05) is 0 Å². The molecule has 18 heavy (non-hydrogen) atoms. The third kappa shape index (κ3) is 4.92. The van der Waals surface area contributed by atoms with E-state index in [1.54, 1.807) is 6.92 Å². The van der Waals surface area contributed by atoms with Gasteiger partial charge in [0, 0.05) is 11.4 Å². The van der Waals surface area contributed by atoms with Gasteiger partial charge in [-0.05, 0) is 37.0 Å². The van der Waals surface area contributed by atoms with E-state index in [0.717, 1.165) is 24.8 Å². The fraction of sp³-hybridized carbons (Fsp3) is 0.400. The summed E-state index contributed by atoms with van der Waals surface area (Å²) in [6.07, 6.45) is 4.77. The van der Waals surface area contributed by atoms with E-state index >= 15 is 0 Å². The van der Waals surface area contributed by atoms with E-state index in [1.165, 1.54) is 0 Å². The van der Waals surface area contributed by atoms with Crippen LogP contribution < -0.4 is 0 Å². The van der Waals surface area contributed by atoms with Crippen LogP contribution in [0.2, 0.25) is 5.02 Å². The summed E-state index contributed by atoms with van der Waals surface area (Å²) in [5.41, 5.74) is 0.991. The lowest BCUT2D eigenvalue weighted by molar-refractivity contribution is -0.149. The lowest BCUT2D eigenvalue weighted by Gasteiger charge is -2.18. The molecule has 0 fully saturated rings. The van der Waals surface area contributed by atoms with Crippen LogP contribution in [0.1, 0.15) is 44.3 Å². The maximum Gasteiger partial charge on any atom is 0.306 e. The maximum atomic E-state index is 11.4. The van der Waals surface area contributed by atoms with Gasteiger partial charge in [-0.15, -0.1) is 6.58 Å². The number of carbonyl (C=O) groups excluding carboxylic acids is 1. The van der Waals surface area contributed by atoms with Crippen molar-refractivity contribution in [2.24, 2.45) is 0 Å². The molecule has 0 bridgehead atoms. The maximum absolute atomic E-state index is 11.4. The van der Waals surface area contributed by atoms with Crippen LogP contribution in [-0.4, -0.2) is 5.97 Å². The van der Waals surface area contributed by atoms with Crippen molar-refractivity contribution in [3.8, 4) is 0 Å². The first-order valence-corrected chi connectivity index (χ1v) is 6.61. The van der Waals surface area contributed by atoms with Gasteiger partial charge in [-0.25, -0.2) is 0 Å². The summed E-state index contributed by atoms with van der Waals surface area (Å²) >= 11 is 5.86. The zero-order chi connectivity index (χ0) is 13.4. The summed E-state index contributed by atoms with van der Waals surface area (Å²) in [7, 11) is 0. The Hall–Kier alpha value is -1.28. The molecule has 1 atom stereocenters. The highest BCUT2D eigenvalue weighted by Gasteiger charge is 2.15. The van der Waals surface area contributed by atoms with Gasteiger partial charge in [-0.1, -0.05) is 36.7 Å². The van der Waals surface area contributed by atoms with Gasteiger partial charge in [-0.3, -0.25) is 4.79 Å². The second kappa shape index (κ2) is 7.93. The Kier molecular flexibility index (Phi) is 6.51. The third-order valence-corrected chi connectivity index (χ3v) is 2.93. The fourth-order valence-electron chi connectivity index (χ4n) is 1.66. The summed E-state index contributed by atoms with van der Waals surface area (Å²) in [6, 6.07) is 7.45. The number of benzene rings is 1. The van der Waals surface area contributed by atoms with Crippen molar-refractivity contribution in [3.05, 3.63) is 47.5 Å². The summed E-state index contributed by atoms with van der Waals surface area (Å²) < 4.78 is 5.46. The molecule has 0 saturated heterocycles. The van der Waals surface area contributed by atoms with Crippen molar-refractivity contribution < 1.29 is 9.53 Å². The van der Waals surface area contributed by atoms with Crippen LogP contribution in [0.25, 0.3) is 0 Å². The monoisotopic (exact) mass is 266 g/mol. The quantitative estimate of drug-likeness (QED) is 0.407. The van der Waals surface area contributed by atoms with E-state index in [0.29, 0.717) is 11.4 Å². The minimum absolute atomic E-state index is 0.173. The molecular formula is C15H19ClO2. The number of ether oxygens (including phenoxy) is 1. The molecule has 0 unspecified atom stereocenters. The molecule has 0 N–H and O–H groups in total. The molecule has 98 valence electrons. The summed E-state index contributed by atoms with van der Waals surface area (Å²) in [4.78, 5) is 11.4. The highest BCUT2D eigenvalue weighted by atomic mass is 35.5. The normalized spacial score (nSPS) is 11.9. The second-order valence-corrected chi connectivity index (χ2v) is 4.54. The van der Waals surface area contributed by atoms with E-state index in [9.17, 15) is 4.79 Å². The minimum Gasteiger partial charge on any atom is -0.457 e. The van der Waals surface area contributed by atoms with Gasteiger partial charge in [0.15, 0.2) is 0 Å². The first kappa shape index (κ1) is 14.8. The molecular weight excluding hydrogens is 248 g/mol. The minimum atomic E-state index is -0.185. The Morgan fingerprint density at radius 2 is 2.11 bits per heavy atom. The summed E-state index contributed by atoms with van der Waals surface area (Å²) in [5, 5.41) is 0.686. The van der Waals surface area contributed by atoms with Crippen molar-refractivity contribution in [1.29, 1.82) is 0 Å². The molecule has 0 spiro atoms. The topological polar surface area (TPSA) is 26.3 Å². The third-order valence-electron chi connectivity index (χ3n) is 2.68. The second-order valence-electron chi connectivity index (χ2n) is 4.10. The van der Waals surface area contributed by atoms with Gasteiger partial charge >= 0.3 is 5.97 Å². The van der Waals surface area contributed by atoms with Crippen LogP contribution in [-0.2, 0) is 9.53 Å². The van der Waals surface area contributed by atoms with Gasteiger partial charge in [0.1, 0.15) is 6.10 Å². The molecule has 1 rings (SSSR count). The lowest BCUT2D eigenvalue weighted by atomic mass is 10.0. The number of hydrogen-bond acceptors (Lipinski definition) is 2. The van der Waals surface area contributed by atoms with Crippen LogP contribution >= 0.6 is 11.6 Å². The number of allylic oxidation sites excluding steroid dienone is 1. The molecule has 0 amide bonds. The molecule has 1 aromatic carbocycles. The van der Waals surface area contributed by atoms with Crippen LogP contribution in [0.3, 0.4) is 0 Å². The fourth-order valence-corrected chi connectivity index (χ4v) is 1.79. The highest BCUT2D eigenvalue weighted by molar-refractivity contribution is 6.30. The number of rotatable bonds is 7. The molecule has 0 aliphatic carbocycles. The summed E-state index contributed by atoms with van der Waals surface area (Å²) in [6.45, 7) is 5.49. The Morgan fingerprint density at radius 1 is 1.44 bits per heavy atom. The van der Waals surface area contributed by atoms with Crippen LogP contribution in [0, 0.1) is 0 Å². The predicted octanol–water partition coefficient (Wildman–Crippen LogP) is 4.69. The molecule has 3 heteroatoms. The Morgan fingerprint density at radius 3 is 2.67 bits per heavy atom. The van der Waals surface area contributed by atoms with E-state index in [2.05, 4.69) is 6.58 Å². The standard InChI is InChI=1S/C15H19ClO2/c1-3-5-6-7-14(18-15(17)4-2)12-8-10-13(16)11-9-12/h3,8-11,14H,1,4-7H2,2H3/t14-/m1/s1. The molecule has 0 aromatic heterocycles. The molecule has 0 heterocycles. The average Bonchev–Trinajstić information content (AvgIpc) is 2.38. The van der Waals surface area contributed by atoms with E-state index in [-0.39, 0.29) is 12.1 Å². The number of unbranched alkanes of at least 4 members (excludes halogenated alkanes) is 1. The molecule has 0 saturated carbocycles. The molecule has 0 aliphatic rings. The average molecular weight is 267 g/mol. The van der Waals surface area contributed by atoms with Gasteiger partial charge in [0.25, 0.3) is 0 Å². The van der Waals surface area contributed by atoms with Crippen LogP contribution in [0.4, 0.5) is 0 Å². The van der Waals surface area contributed by atoms with Crippen molar-refractivity contribution in [2.45, 2.75) is 38.7 Å².